The van der Waals surface area contributed by atoms with Gasteiger partial charge in [0.05, 0.1) is 17.9 Å². The minimum Gasteiger partial charge on any atom is -0.376 e. The average molecular weight is 287 g/mol. The summed E-state index contributed by atoms with van der Waals surface area (Å²) >= 11 is 0. The van der Waals surface area contributed by atoms with Crippen LogP contribution in [0, 0.1) is 12.7 Å². The minimum absolute atomic E-state index is 0.0243. The number of nitrogens with one attached hydrogen (secondary N) is 1. The average Bonchev–Trinajstić information content (AvgIpc) is 2.47. The van der Waals surface area contributed by atoms with Crippen LogP contribution in [0.15, 0.2) is 36.5 Å². The van der Waals surface area contributed by atoms with Gasteiger partial charge in [-0.1, -0.05) is 6.92 Å². The highest BCUT2D eigenvalue weighted by Gasteiger charge is 2.12. The lowest BCUT2D eigenvalue weighted by atomic mass is 10.1. The van der Waals surface area contributed by atoms with Crippen LogP contribution >= 0.6 is 0 Å². The molecular weight excluding hydrogens is 269 g/mol. The van der Waals surface area contributed by atoms with Crippen molar-refractivity contribution in [3.8, 4) is 0 Å². The number of primary amides is 1. The summed E-state index contributed by atoms with van der Waals surface area (Å²) in [4.78, 5) is 15.3. The molecule has 1 aromatic carbocycles. The van der Waals surface area contributed by atoms with Crippen LogP contribution in [0.1, 0.15) is 41.0 Å². The van der Waals surface area contributed by atoms with Gasteiger partial charge >= 0.3 is 0 Å². The van der Waals surface area contributed by atoms with Gasteiger partial charge in [0.15, 0.2) is 0 Å². The number of carbonyl (C=O) groups is 1. The fraction of sp³-hybridized carbons (Fsp3) is 0.250. The van der Waals surface area contributed by atoms with Crippen molar-refractivity contribution in [2.45, 2.75) is 26.3 Å². The van der Waals surface area contributed by atoms with Crippen LogP contribution in [0.2, 0.25) is 0 Å². The summed E-state index contributed by atoms with van der Waals surface area (Å²) in [7, 11) is 0. The number of nitrogens with two attached hydrogens (primary N) is 1. The van der Waals surface area contributed by atoms with Crippen molar-refractivity contribution in [3.05, 3.63) is 59.2 Å². The maximum Gasteiger partial charge on any atom is 0.248 e. The molecule has 0 fully saturated rings. The summed E-state index contributed by atoms with van der Waals surface area (Å²) in [5, 5.41) is 3.36. The summed E-state index contributed by atoms with van der Waals surface area (Å²) < 4.78 is 12.9. The van der Waals surface area contributed by atoms with E-state index in [9.17, 15) is 9.18 Å². The van der Waals surface area contributed by atoms with E-state index in [0.717, 1.165) is 23.4 Å². The number of halogens is 1. The number of hydrogen-bond donors (Lipinski definition) is 2. The molecule has 0 radical (unpaired) electrons. The van der Waals surface area contributed by atoms with Crippen molar-refractivity contribution in [1.82, 2.24) is 4.98 Å². The van der Waals surface area contributed by atoms with Crippen molar-refractivity contribution in [2.75, 3.05) is 5.32 Å². The highest BCUT2D eigenvalue weighted by Crippen LogP contribution is 2.24. The molecule has 1 heterocycles. The van der Waals surface area contributed by atoms with Crippen molar-refractivity contribution in [2.24, 2.45) is 5.73 Å². The molecule has 0 aliphatic rings. The van der Waals surface area contributed by atoms with Crippen molar-refractivity contribution in [1.29, 1.82) is 0 Å². The van der Waals surface area contributed by atoms with Crippen LogP contribution in [0.4, 0.5) is 10.1 Å². The van der Waals surface area contributed by atoms with Crippen molar-refractivity contribution < 1.29 is 9.18 Å². The smallest absolute Gasteiger partial charge is 0.248 e. The highest BCUT2D eigenvalue weighted by molar-refractivity contribution is 5.93. The van der Waals surface area contributed by atoms with Crippen LogP contribution < -0.4 is 11.1 Å². The van der Waals surface area contributed by atoms with E-state index in [2.05, 4.69) is 10.3 Å². The second kappa shape index (κ2) is 6.35. The third-order valence-electron chi connectivity index (χ3n) is 3.36. The van der Waals surface area contributed by atoms with E-state index in [-0.39, 0.29) is 11.9 Å². The lowest BCUT2D eigenvalue weighted by molar-refractivity contribution is 0.1000. The predicted molar refractivity (Wildman–Crippen MR) is 80.5 cm³/mol. The summed E-state index contributed by atoms with van der Waals surface area (Å²) in [6, 6.07) is 8.29. The van der Waals surface area contributed by atoms with E-state index < -0.39 is 5.91 Å². The Bertz CT molecular complexity index is 640. The lowest BCUT2D eigenvalue weighted by Gasteiger charge is -2.19. The lowest BCUT2D eigenvalue weighted by Crippen LogP contribution is -2.14. The first-order valence-corrected chi connectivity index (χ1v) is 6.79. The molecule has 110 valence electrons. The Hall–Kier alpha value is -2.43. The molecule has 2 rings (SSSR count). The van der Waals surface area contributed by atoms with Crippen molar-refractivity contribution >= 4 is 11.6 Å². The SMILES string of the molecule is CCC(Nc1ccc(C(N)=O)cc1C)c1ccc(F)cn1. The molecule has 3 N–H and O–H groups in total. The Morgan fingerprint density at radius 3 is 2.67 bits per heavy atom. The predicted octanol–water partition coefficient (Wildman–Crippen LogP) is 3.19. The highest BCUT2D eigenvalue weighted by atomic mass is 19.1. The molecule has 2 aromatic rings. The summed E-state index contributed by atoms with van der Waals surface area (Å²) in [5.74, 6) is -0.799. The Morgan fingerprint density at radius 1 is 1.38 bits per heavy atom. The normalized spacial score (nSPS) is 12.0. The molecule has 5 heteroatoms. The van der Waals surface area contributed by atoms with Gasteiger partial charge in [0.2, 0.25) is 5.91 Å². The molecule has 1 unspecified atom stereocenters. The summed E-state index contributed by atoms with van der Waals surface area (Å²) in [5.41, 5.74) is 8.34. The first-order chi connectivity index (χ1) is 10.0. The van der Waals surface area contributed by atoms with Gasteiger partial charge in [0.1, 0.15) is 5.82 Å². The molecule has 1 aromatic heterocycles. The number of rotatable bonds is 5. The van der Waals surface area contributed by atoms with Gasteiger partial charge in [0.25, 0.3) is 0 Å². The number of nitrogens with zero attached hydrogens (tertiary/aromatic N) is 1. The summed E-state index contributed by atoms with van der Waals surface area (Å²) in [6.45, 7) is 3.93. The molecule has 0 aliphatic heterocycles. The zero-order valence-corrected chi connectivity index (χ0v) is 12.1. The van der Waals surface area contributed by atoms with E-state index >= 15 is 0 Å². The van der Waals surface area contributed by atoms with Gasteiger partial charge in [-0.25, -0.2) is 4.39 Å². The quantitative estimate of drug-likeness (QED) is 0.887. The fourth-order valence-corrected chi connectivity index (χ4v) is 2.15. The van der Waals surface area contributed by atoms with E-state index in [4.69, 9.17) is 5.73 Å². The molecule has 0 saturated carbocycles. The van der Waals surface area contributed by atoms with Gasteiger partial charge in [0, 0.05) is 11.3 Å². The van der Waals surface area contributed by atoms with Gasteiger partial charge in [-0.05, 0) is 49.2 Å². The maximum atomic E-state index is 12.9. The van der Waals surface area contributed by atoms with Crippen LogP contribution in [-0.2, 0) is 0 Å². The number of aryl methyl sites for hydroxylation is 1. The molecule has 0 saturated heterocycles. The van der Waals surface area contributed by atoms with E-state index in [1.807, 2.05) is 19.9 Å². The molecule has 1 amide bonds. The van der Waals surface area contributed by atoms with Crippen molar-refractivity contribution in [3.63, 3.8) is 0 Å². The van der Waals surface area contributed by atoms with Gasteiger partial charge in [-0.3, -0.25) is 9.78 Å². The van der Waals surface area contributed by atoms with Gasteiger partial charge in [-0.2, -0.15) is 0 Å². The topological polar surface area (TPSA) is 68.0 Å². The standard InChI is InChI=1S/C16H18FN3O/c1-3-13(15-7-5-12(17)9-19-15)20-14-6-4-11(16(18)21)8-10(14)2/h4-9,13,20H,3H2,1-2H3,(H2,18,21). The molecule has 0 aliphatic carbocycles. The monoisotopic (exact) mass is 287 g/mol. The Balaban J connectivity index is 2.22. The number of carbonyl (C=O) groups excluding carboxylic acids is 1. The number of aromatic nitrogens is 1. The third-order valence-corrected chi connectivity index (χ3v) is 3.36. The fourth-order valence-electron chi connectivity index (χ4n) is 2.15. The molecule has 4 nitrogen and oxygen atoms in total. The molecule has 21 heavy (non-hydrogen) atoms. The minimum atomic E-state index is -0.447. The maximum absolute atomic E-state index is 12.9. The number of pyridine rings is 1. The number of amides is 1. The van der Waals surface area contributed by atoms with Crippen LogP contribution in [0.25, 0.3) is 0 Å². The van der Waals surface area contributed by atoms with E-state index in [1.54, 1.807) is 18.2 Å². The molecular formula is C16H18FN3O. The molecule has 0 spiro atoms. The first kappa shape index (κ1) is 15.0. The van der Waals surface area contributed by atoms with Gasteiger partial charge in [-0.15, -0.1) is 0 Å². The van der Waals surface area contributed by atoms with E-state index in [0.29, 0.717) is 5.56 Å². The Morgan fingerprint density at radius 2 is 2.14 bits per heavy atom. The Labute approximate surface area is 123 Å². The van der Waals surface area contributed by atoms with Crippen LogP contribution in [0.5, 0.6) is 0 Å². The number of hydrogen-bond acceptors (Lipinski definition) is 3. The second-order valence-electron chi connectivity index (χ2n) is 4.90. The van der Waals surface area contributed by atoms with Gasteiger partial charge < -0.3 is 11.1 Å². The number of benzene rings is 1. The number of anilines is 1. The Kier molecular flexibility index (Phi) is 4.52. The van der Waals surface area contributed by atoms with E-state index in [1.165, 1.54) is 12.3 Å². The largest absolute Gasteiger partial charge is 0.376 e. The summed E-state index contributed by atoms with van der Waals surface area (Å²) in [6.07, 6.45) is 2.01. The molecule has 0 bridgehead atoms. The zero-order valence-electron chi connectivity index (χ0n) is 12.1. The van der Waals surface area contributed by atoms with Crippen LogP contribution in [0.3, 0.4) is 0 Å². The second-order valence-corrected chi connectivity index (χ2v) is 4.90. The molecule has 1 atom stereocenters. The first-order valence-electron chi connectivity index (χ1n) is 6.79. The zero-order chi connectivity index (χ0) is 15.4. The van der Waals surface area contributed by atoms with Crippen LogP contribution in [-0.4, -0.2) is 10.9 Å². The third kappa shape index (κ3) is 3.56.